The van der Waals surface area contributed by atoms with E-state index in [1.165, 1.54) is 6.42 Å². The Morgan fingerprint density at radius 2 is 1.95 bits per heavy atom. The second-order valence-electron chi connectivity index (χ2n) is 5.01. The number of likely N-dealkylation sites (N-methyl/N-ethyl adjacent to an activating group) is 1. The van der Waals surface area contributed by atoms with Crippen LogP contribution in [0.5, 0.6) is 5.75 Å². The van der Waals surface area contributed by atoms with Gasteiger partial charge in [-0.25, -0.2) is 0 Å². The lowest BCUT2D eigenvalue weighted by molar-refractivity contribution is 0.0338. The van der Waals surface area contributed by atoms with Gasteiger partial charge in [-0.05, 0) is 42.7 Å². The van der Waals surface area contributed by atoms with Gasteiger partial charge in [0.05, 0.1) is 25.5 Å². The first-order valence-electron chi connectivity index (χ1n) is 6.79. The third-order valence-electron chi connectivity index (χ3n) is 3.68. The van der Waals surface area contributed by atoms with Gasteiger partial charge >= 0.3 is 0 Å². The van der Waals surface area contributed by atoms with Crippen LogP contribution in [0.25, 0.3) is 0 Å². The molecule has 1 aromatic rings. The first kappa shape index (κ1) is 13.9. The van der Waals surface area contributed by atoms with Gasteiger partial charge in [0.2, 0.25) is 0 Å². The Kier molecular flexibility index (Phi) is 4.80. The molecule has 104 valence electrons. The fourth-order valence-corrected chi connectivity index (χ4v) is 2.46. The molecule has 0 radical (unpaired) electrons. The number of hydrazone groups is 1. The summed E-state index contributed by atoms with van der Waals surface area (Å²) in [6.45, 7) is 0. The number of aliphatic hydroxyl groups excluding tert-OH is 1. The summed E-state index contributed by atoms with van der Waals surface area (Å²) in [6, 6.07) is 7.90. The largest absolute Gasteiger partial charge is 0.497 e. The van der Waals surface area contributed by atoms with Gasteiger partial charge in [-0.15, -0.1) is 0 Å². The third-order valence-corrected chi connectivity index (χ3v) is 3.68. The smallest absolute Gasteiger partial charge is 0.118 e. The Balaban J connectivity index is 1.96. The normalized spacial score (nSPS) is 23.5. The van der Waals surface area contributed by atoms with Crippen molar-refractivity contribution in [2.45, 2.75) is 37.8 Å². The fourth-order valence-electron chi connectivity index (χ4n) is 2.46. The average molecular weight is 262 g/mol. The van der Waals surface area contributed by atoms with Gasteiger partial charge in [-0.1, -0.05) is 12.8 Å². The molecule has 0 spiro atoms. The second kappa shape index (κ2) is 6.57. The molecule has 0 saturated heterocycles. The van der Waals surface area contributed by atoms with Crippen LogP contribution in [0.3, 0.4) is 0 Å². The summed E-state index contributed by atoms with van der Waals surface area (Å²) >= 11 is 0. The summed E-state index contributed by atoms with van der Waals surface area (Å²) in [6.07, 6.45) is 5.75. The van der Waals surface area contributed by atoms with Crippen LogP contribution in [0.15, 0.2) is 29.4 Å². The van der Waals surface area contributed by atoms with E-state index < -0.39 is 0 Å². The molecule has 2 atom stereocenters. The van der Waals surface area contributed by atoms with Crippen molar-refractivity contribution in [2.75, 3.05) is 14.2 Å². The van der Waals surface area contributed by atoms with Crippen LogP contribution < -0.4 is 4.74 Å². The van der Waals surface area contributed by atoms with Crippen LogP contribution in [0.2, 0.25) is 0 Å². The molecule has 1 aliphatic carbocycles. The van der Waals surface area contributed by atoms with Gasteiger partial charge < -0.3 is 9.84 Å². The van der Waals surface area contributed by atoms with E-state index in [2.05, 4.69) is 5.10 Å². The minimum absolute atomic E-state index is 0.142. The number of ether oxygens (including phenoxy) is 1. The van der Waals surface area contributed by atoms with Gasteiger partial charge in [0, 0.05) is 7.05 Å². The molecule has 1 N–H and O–H groups in total. The molecule has 2 rings (SSSR count). The minimum atomic E-state index is -0.258. The molecule has 0 unspecified atom stereocenters. The Morgan fingerprint density at radius 1 is 1.26 bits per heavy atom. The molecule has 1 fully saturated rings. The van der Waals surface area contributed by atoms with Crippen LogP contribution in [0.4, 0.5) is 0 Å². The monoisotopic (exact) mass is 262 g/mol. The molecular weight excluding hydrogens is 240 g/mol. The zero-order valence-corrected chi connectivity index (χ0v) is 11.6. The second-order valence-corrected chi connectivity index (χ2v) is 5.01. The van der Waals surface area contributed by atoms with Crippen LogP contribution in [-0.2, 0) is 0 Å². The number of methoxy groups -OCH3 is 1. The molecule has 4 nitrogen and oxygen atoms in total. The molecule has 0 heterocycles. The van der Waals surface area contributed by atoms with Gasteiger partial charge in [0.1, 0.15) is 5.75 Å². The minimum Gasteiger partial charge on any atom is -0.497 e. The van der Waals surface area contributed by atoms with Crippen LogP contribution in [0, 0.1) is 0 Å². The molecular formula is C15H22N2O2. The first-order valence-corrected chi connectivity index (χ1v) is 6.79. The molecule has 1 saturated carbocycles. The summed E-state index contributed by atoms with van der Waals surface area (Å²) in [7, 11) is 3.58. The third kappa shape index (κ3) is 3.70. The zero-order chi connectivity index (χ0) is 13.7. The number of aliphatic hydroxyl groups is 1. The highest BCUT2D eigenvalue weighted by atomic mass is 16.5. The predicted molar refractivity (Wildman–Crippen MR) is 76.6 cm³/mol. The predicted octanol–water partition coefficient (Wildman–Crippen LogP) is 2.26. The van der Waals surface area contributed by atoms with Crippen molar-refractivity contribution in [1.82, 2.24) is 5.01 Å². The molecule has 1 aliphatic rings. The van der Waals surface area contributed by atoms with Crippen molar-refractivity contribution in [1.29, 1.82) is 0 Å². The quantitative estimate of drug-likeness (QED) is 0.668. The van der Waals surface area contributed by atoms with E-state index >= 15 is 0 Å². The van der Waals surface area contributed by atoms with E-state index in [4.69, 9.17) is 4.74 Å². The SMILES string of the molecule is COc1ccc(/C=N/N(C)[C@@H]2CCCC[C@H]2O)cc1. The fraction of sp³-hybridized carbons (Fsp3) is 0.533. The lowest BCUT2D eigenvalue weighted by Crippen LogP contribution is -2.40. The van der Waals surface area contributed by atoms with Crippen LogP contribution >= 0.6 is 0 Å². The maximum Gasteiger partial charge on any atom is 0.118 e. The number of hydrogen-bond acceptors (Lipinski definition) is 4. The Labute approximate surface area is 114 Å². The van der Waals surface area contributed by atoms with Crippen molar-refractivity contribution in [3.63, 3.8) is 0 Å². The number of rotatable bonds is 4. The Hall–Kier alpha value is -1.55. The molecule has 0 aliphatic heterocycles. The van der Waals surface area contributed by atoms with E-state index in [1.807, 2.05) is 42.5 Å². The average Bonchev–Trinajstić information content (AvgIpc) is 2.46. The van der Waals surface area contributed by atoms with Crippen LogP contribution in [0.1, 0.15) is 31.2 Å². The van der Waals surface area contributed by atoms with Crippen molar-refractivity contribution < 1.29 is 9.84 Å². The van der Waals surface area contributed by atoms with E-state index in [9.17, 15) is 5.11 Å². The van der Waals surface area contributed by atoms with Gasteiger partial charge in [0.15, 0.2) is 0 Å². The topological polar surface area (TPSA) is 45.1 Å². The van der Waals surface area contributed by atoms with Gasteiger partial charge in [-0.3, -0.25) is 5.01 Å². The number of benzene rings is 1. The molecule has 4 heteroatoms. The maximum atomic E-state index is 9.97. The summed E-state index contributed by atoms with van der Waals surface area (Å²) < 4.78 is 5.12. The van der Waals surface area contributed by atoms with E-state index in [0.717, 1.165) is 30.6 Å². The Bertz CT molecular complexity index is 417. The lowest BCUT2D eigenvalue weighted by Gasteiger charge is -2.33. The summed E-state index contributed by atoms with van der Waals surface area (Å²) in [5.41, 5.74) is 1.03. The van der Waals surface area contributed by atoms with Crippen LogP contribution in [-0.4, -0.2) is 42.6 Å². The zero-order valence-electron chi connectivity index (χ0n) is 11.6. The van der Waals surface area contributed by atoms with Crippen molar-refractivity contribution in [3.8, 4) is 5.75 Å². The summed E-state index contributed by atoms with van der Waals surface area (Å²) in [5, 5.41) is 16.3. The maximum absolute atomic E-state index is 9.97. The highest BCUT2D eigenvalue weighted by Gasteiger charge is 2.25. The van der Waals surface area contributed by atoms with E-state index in [1.54, 1.807) is 7.11 Å². The van der Waals surface area contributed by atoms with Crippen molar-refractivity contribution in [2.24, 2.45) is 5.10 Å². The molecule has 0 amide bonds. The first-order chi connectivity index (χ1) is 9.20. The van der Waals surface area contributed by atoms with Crippen molar-refractivity contribution in [3.05, 3.63) is 29.8 Å². The van der Waals surface area contributed by atoms with Gasteiger partial charge in [-0.2, -0.15) is 5.10 Å². The molecule has 1 aromatic carbocycles. The number of hydrogen-bond donors (Lipinski definition) is 1. The number of nitrogens with zero attached hydrogens (tertiary/aromatic N) is 2. The van der Waals surface area contributed by atoms with Crippen molar-refractivity contribution >= 4 is 6.21 Å². The standard InChI is InChI=1S/C15H22N2O2/c1-17(14-5-3-4-6-15(14)18)16-11-12-7-9-13(19-2)10-8-12/h7-11,14-15,18H,3-6H2,1-2H3/b16-11+/t14-,15-/m1/s1. The lowest BCUT2D eigenvalue weighted by atomic mass is 9.92. The van der Waals surface area contributed by atoms with E-state index in [-0.39, 0.29) is 12.1 Å². The van der Waals surface area contributed by atoms with Gasteiger partial charge in [0.25, 0.3) is 0 Å². The molecule has 0 bridgehead atoms. The highest BCUT2D eigenvalue weighted by molar-refractivity contribution is 5.79. The van der Waals surface area contributed by atoms with E-state index in [0.29, 0.717) is 0 Å². The summed E-state index contributed by atoms with van der Waals surface area (Å²) in [4.78, 5) is 0. The molecule has 19 heavy (non-hydrogen) atoms. The Morgan fingerprint density at radius 3 is 2.58 bits per heavy atom. The summed E-state index contributed by atoms with van der Waals surface area (Å²) in [5.74, 6) is 0.841. The highest BCUT2D eigenvalue weighted by Crippen LogP contribution is 2.22. The molecule has 0 aromatic heterocycles.